The number of amides is 2. The van der Waals surface area contributed by atoms with Gasteiger partial charge in [0, 0.05) is 21.5 Å². The number of benzene rings is 2. The molecule has 0 bridgehead atoms. The van der Waals surface area contributed by atoms with Crippen molar-refractivity contribution in [1.82, 2.24) is 0 Å². The summed E-state index contributed by atoms with van der Waals surface area (Å²) in [5.41, 5.74) is 6.24. The number of nitrogen functional groups attached to an aromatic ring is 1. The second kappa shape index (κ2) is 6.33. The minimum atomic E-state index is -0.612. The second-order valence-electron chi connectivity index (χ2n) is 5.04. The molecule has 0 spiro atoms. The first kappa shape index (κ1) is 16.0. The zero-order valence-corrected chi connectivity index (χ0v) is 14.2. The molecule has 2 amide bonds. The van der Waals surface area contributed by atoms with Gasteiger partial charge in [-0.3, -0.25) is 9.59 Å². The summed E-state index contributed by atoms with van der Waals surface area (Å²) < 4.78 is 14.6. The molecule has 0 aliphatic carbocycles. The summed E-state index contributed by atoms with van der Waals surface area (Å²) in [6.07, 6.45) is 0.0450. The van der Waals surface area contributed by atoms with Crippen LogP contribution < -0.4 is 10.6 Å². The fourth-order valence-electron chi connectivity index (χ4n) is 2.32. The average molecular weight is 395 g/mol. The van der Waals surface area contributed by atoms with E-state index >= 15 is 0 Å². The van der Waals surface area contributed by atoms with Gasteiger partial charge in [0.1, 0.15) is 5.82 Å². The van der Waals surface area contributed by atoms with Crippen molar-refractivity contribution < 1.29 is 14.0 Å². The molecule has 4 nitrogen and oxygen atoms in total. The Morgan fingerprint density at radius 1 is 1.17 bits per heavy atom. The Labute approximate surface area is 145 Å². The normalized spacial score (nSPS) is 17.8. The number of anilines is 2. The van der Waals surface area contributed by atoms with Crippen molar-refractivity contribution in [1.29, 1.82) is 0 Å². The maximum Gasteiger partial charge on any atom is 0.247 e. The van der Waals surface area contributed by atoms with Gasteiger partial charge in [0.2, 0.25) is 11.8 Å². The molecule has 0 radical (unpaired) electrons. The SMILES string of the molecule is Nc1ccc(SC2CC(=O)N(c3ccc(Br)cc3F)C2=O)cc1. The number of imide groups is 1. The average Bonchev–Trinajstić information content (AvgIpc) is 2.77. The summed E-state index contributed by atoms with van der Waals surface area (Å²) in [7, 11) is 0. The molecule has 7 heteroatoms. The number of hydrogen-bond donors (Lipinski definition) is 1. The predicted molar refractivity (Wildman–Crippen MR) is 91.7 cm³/mol. The van der Waals surface area contributed by atoms with Gasteiger partial charge in [-0.15, -0.1) is 11.8 Å². The molecule has 118 valence electrons. The summed E-state index contributed by atoms with van der Waals surface area (Å²) in [6.45, 7) is 0. The number of thioether (sulfide) groups is 1. The lowest BCUT2D eigenvalue weighted by Crippen LogP contribution is -2.31. The lowest BCUT2D eigenvalue weighted by atomic mass is 10.3. The minimum absolute atomic E-state index is 0.0105. The summed E-state index contributed by atoms with van der Waals surface area (Å²) in [6, 6.07) is 11.3. The van der Waals surface area contributed by atoms with E-state index in [0.717, 1.165) is 9.80 Å². The van der Waals surface area contributed by atoms with Crippen LogP contribution in [0.4, 0.5) is 15.8 Å². The van der Waals surface area contributed by atoms with E-state index in [9.17, 15) is 14.0 Å². The molecule has 2 aromatic rings. The van der Waals surface area contributed by atoms with Crippen molar-refractivity contribution >= 4 is 50.9 Å². The zero-order valence-electron chi connectivity index (χ0n) is 11.8. The highest BCUT2D eigenvalue weighted by atomic mass is 79.9. The molecular formula is C16H12BrFN2O2S. The van der Waals surface area contributed by atoms with Crippen molar-refractivity contribution in [2.75, 3.05) is 10.6 Å². The summed E-state index contributed by atoms with van der Waals surface area (Å²) in [5, 5.41) is -0.561. The second-order valence-corrected chi connectivity index (χ2v) is 7.23. The van der Waals surface area contributed by atoms with Crippen LogP contribution in [0.15, 0.2) is 51.8 Å². The van der Waals surface area contributed by atoms with E-state index < -0.39 is 22.9 Å². The minimum Gasteiger partial charge on any atom is -0.399 e. The van der Waals surface area contributed by atoms with Gasteiger partial charge in [-0.1, -0.05) is 15.9 Å². The fourth-order valence-corrected chi connectivity index (χ4v) is 3.71. The third kappa shape index (κ3) is 3.25. The van der Waals surface area contributed by atoms with Crippen LogP contribution in [0.3, 0.4) is 0 Å². The van der Waals surface area contributed by atoms with Gasteiger partial charge in [-0.25, -0.2) is 9.29 Å². The molecule has 1 saturated heterocycles. The van der Waals surface area contributed by atoms with Crippen LogP contribution in [0.2, 0.25) is 0 Å². The first-order valence-electron chi connectivity index (χ1n) is 6.80. The highest BCUT2D eigenvalue weighted by Gasteiger charge is 2.41. The smallest absolute Gasteiger partial charge is 0.247 e. The van der Waals surface area contributed by atoms with E-state index in [1.807, 2.05) is 0 Å². The third-order valence-corrected chi connectivity index (χ3v) is 5.10. The summed E-state index contributed by atoms with van der Waals surface area (Å²) >= 11 is 4.43. The quantitative estimate of drug-likeness (QED) is 0.637. The molecule has 1 aliphatic rings. The van der Waals surface area contributed by atoms with Gasteiger partial charge in [0.15, 0.2) is 0 Å². The van der Waals surface area contributed by atoms with E-state index in [1.54, 1.807) is 30.3 Å². The van der Waals surface area contributed by atoms with Crippen molar-refractivity contribution in [3.8, 4) is 0 Å². The van der Waals surface area contributed by atoms with Gasteiger partial charge in [-0.05, 0) is 42.5 Å². The largest absolute Gasteiger partial charge is 0.399 e. The first-order valence-corrected chi connectivity index (χ1v) is 8.47. The van der Waals surface area contributed by atoms with Gasteiger partial charge in [-0.2, -0.15) is 0 Å². The van der Waals surface area contributed by atoms with Gasteiger partial charge >= 0.3 is 0 Å². The Morgan fingerprint density at radius 3 is 2.52 bits per heavy atom. The van der Waals surface area contributed by atoms with Crippen LogP contribution in [0, 0.1) is 5.82 Å². The summed E-state index contributed by atoms with van der Waals surface area (Å²) in [5.74, 6) is -1.42. The first-order chi connectivity index (χ1) is 11.0. The molecule has 1 atom stereocenters. The molecule has 0 aromatic heterocycles. The Kier molecular flexibility index (Phi) is 4.41. The zero-order chi connectivity index (χ0) is 16.6. The molecule has 23 heavy (non-hydrogen) atoms. The molecule has 1 unspecified atom stereocenters. The third-order valence-electron chi connectivity index (χ3n) is 3.41. The van der Waals surface area contributed by atoms with Crippen molar-refractivity contribution in [3.05, 3.63) is 52.8 Å². The predicted octanol–water partition coefficient (Wildman–Crippen LogP) is 3.59. The number of nitrogens with zero attached hydrogens (tertiary/aromatic N) is 1. The van der Waals surface area contributed by atoms with Crippen LogP contribution in [-0.4, -0.2) is 17.1 Å². The Bertz CT molecular complexity index is 782. The van der Waals surface area contributed by atoms with Gasteiger partial charge in [0.25, 0.3) is 0 Å². The van der Waals surface area contributed by atoms with E-state index in [0.29, 0.717) is 10.2 Å². The molecule has 2 aromatic carbocycles. The Hall–Kier alpha value is -1.86. The van der Waals surface area contributed by atoms with Gasteiger partial charge in [0.05, 0.1) is 10.9 Å². The van der Waals surface area contributed by atoms with E-state index in [1.165, 1.54) is 23.9 Å². The van der Waals surface area contributed by atoms with E-state index in [4.69, 9.17) is 5.73 Å². The monoisotopic (exact) mass is 394 g/mol. The molecule has 1 aliphatic heterocycles. The number of carbonyl (C=O) groups is 2. The van der Waals surface area contributed by atoms with Gasteiger partial charge < -0.3 is 5.73 Å². The topological polar surface area (TPSA) is 63.4 Å². The molecule has 1 fully saturated rings. The maximum absolute atomic E-state index is 14.1. The number of nitrogens with two attached hydrogens (primary N) is 1. The number of carbonyl (C=O) groups excluding carboxylic acids is 2. The number of rotatable bonds is 3. The van der Waals surface area contributed by atoms with Crippen molar-refractivity contribution in [3.63, 3.8) is 0 Å². The molecule has 3 rings (SSSR count). The lowest BCUT2D eigenvalue weighted by Gasteiger charge is -2.16. The number of halogens is 2. The lowest BCUT2D eigenvalue weighted by molar-refractivity contribution is -0.121. The highest BCUT2D eigenvalue weighted by Crippen LogP contribution is 2.35. The molecule has 2 N–H and O–H groups in total. The van der Waals surface area contributed by atoms with Crippen LogP contribution in [0.1, 0.15) is 6.42 Å². The van der Waals surface area contributed by atoms with Crippen molar-refractivity contribution in [2.45, 2.75) is 16.6 Å². The van der Waals surface area contributed by atoms with Crippen molar-refractivity contribution in [2.24, 2.45) is 0 Å². The van der Waals surface area contributed by atoms with Crippen LogP contribution in [0.25, 0.3) is 0 Å². The molecule has 0 saturated carbocycles. The standard InChI is InChI=1S/C16H12BrFN2O2S/c17-9-1-6-13(12(18)7-9)20-15(21)8-14(16(20)22)23-11-4-2-10(19)3-5-11/h1-7,14H,8,19H2. The van der Waals surface area contributed by atoms with E-state index in [2.05, 4.69) is 15.9 Å². The Morgan fingerprint density at radius 2 is 1.87 bits per heavy atom. The summed E-state index contributed by atoms with van der Waals surface area (Å²) in [4.78, 5) is 26.4. The molecule has 1 heterocycles. The van der Waals surface area contributed by atoms with Crippen LogP contribution >= 0.6 is 27.7 Å². The number of hydrogen-bond acceptors (Lipinski definition) is 4. The van der Waals surface area contributed by atoms with Crippen LogP contribution in [-0.2, 0) is 9.59 Å². The van der Waals surface area contributed by atoms with Crippen LogP contribution in [0.5, 0.6) is 0 Å². The highest BCUT2D eigenvalue weighted by molar-refractivity contribution is 9.10. The fraction of sp³-hybridized carbons (Fsp3) is 0.125. The molecular weight excluding hydrogens is 383 g/mol. The Balaban J connectivity index is 1.83. The van der Waals surface area contributed by atoms with E-state index in [-0.39, 0.29) is 12.1 Å². The maximum atomic E-state index is 14.1.